The largest absolute Gasteiger partial charge is 0.406 e. The molecule has 8 heteroatoms. The van der Waals surface area contributed by atoms with Crippen molar-refractivity contribution in [1.29, 1.82) is 0 Å². The van der Waals surface area contributed by atoms with Crippen LogP contribution in [-0.4, -0.2) is 46.8 Å². The van der Waals surface area contributed by atoms with Gasteiger partial charge >= 0.3 is 6.18 Å². The van der Waals surface area contributed by atoms with Gasteiger partial charge in [0, 0.05) is 12.7 Å². The van der Waals surface area contributed by atoms with Crippen LogP contribution in [0.15, 0.2) is 18.5 Å². The highest BCUT2D eigenvalue weighted by atomic mass is 19.4. The summed E-state index contributed by atoms with van der Waals surface area (Å²) in [6.45, 7) is -2.62. The normalized spacial score (nSPS) is 11.4. The predicted molar refractivity (Wildman–Crippen MR) is 53.2 cm³/mol. The summed E-state index contributed by atoms with van der Waals surface area (Å²) in [5.41, 5.74) is -0.298. The Morgan fingerprint density at radius 2 is 2.06 bits per heavy atom. The second-order valence-electron chi connectivity index (χ2n) is 3.46. The Balaban J connectivity index is 2.89. The Bertz CT molecular complexity index is 423. The Hall–Kier alpha value is -1.70. The number of carbonyl (C=O) groups excluding carboxylic acids is 1. The van der Waals surface area contributed by atoms with Crippen molar-refractivity contribution in [2.75, 3.05) is 19.7 Å². The number of halogens is 4. The highest BCUT2D eigenvalue weighted by Crippen LogP contribution is 2.18. The number of rotatable bonds is 4. The average molecular weight is 266 g/mol. The molecule has 0 fully saturated rings. The molecule has 1 amide bonds. The second kappa shape index (κ2) is 5.76. The number of aromatic nitrogens is 1. The van der Waals surface area contributed by atoms with Crippen LogP contribution in [-0.2, 0) is 0 Å². The minimum Gasteiger partial charge on any atom is -0.395 e. The van der Waals surface area contributed by atoms with E-state index in [1.807, 2.05) is 0 Å². The van der Waals surface area contributed by atoms with Gasteiger partial charge in [0.1, 0.15) is 12.4 Å². The topological polar surface area (TPSA) is 53.4 Å². The van der Waals surface area contributed by atoms with Crippen LogP contribution >= 0.6 is 0 Å². The maximum absolute atomic E-state index is 12.8. The number of hydrogen-bond donors (Lipinski definition) is 1. The molecule has 0 aliphatic carbocycles. The quantitative estimate of drug-likeness (QED) is 0.834. The summed E-state index contributed by atoms with van der Waals surface area (Å²) >= 11 is 0. The van der Waals surface area contributed by atoms with Gasteiger partial charge in [-0.1, -0.05) is 0 Å². The van der Waals surface area contributed by atoms with Crippen molar-refractivity contribution in [1.82, 2.24) is 9.88 Å². The molecule has 0 aliphatic heterocycles. The Morgan fingerprint density at radius 1 is 1.39 bits per heavy atom. The second-order valence-corrected chi connectivity index (χ2v) is 3.46. The monoisotopic (exact) mass is 266 g/mol. The fourth-order valence-corrected chi connectivity index (χ4v) is 1.30. The van der Waals surface area contributed by atoms with Gasteiger partial charge in [-0.05, 0) is 6.07 Å². The van der Waals surface area contributed by atoms with Crippen molar-refractivity contribution < 1.29 is 27.5 Å². The van der Waals surface area contributed by atoms with Crippen LogP contribution in [0.3, 0.4) is 0 Å². The molecule has 1 N–H and O–H groups in total. The van der Waals surface area contributed by atoms with Crippen LogP contribution in [0.1, 0.15) is 10.4 Å². The van der Waals surface area contributed by atoms with Crippen molar-refractivity contribution >= 4 is 5.91 Å². The standard InChI is InChI=1S/C10H10F4N2O2/c11-8-3-7(4-15-5-8)9(18)16(1-2-17)6-10(12,13)14/h3-5,17H,1-2,6H2. The molecular formula is C10H10F4N2O2. The lowest BCUT2D eigenvalue weighted by Crippen LogP contribution is -2.40. The molecule has 0 saturated carbocycles. The summed E-state index contributed by atoms with van der Waals surface area (Å²) < 4.78 is 49.5. The Kier molecular flexibility index (Phi) is 4.60. The molecule has 0 aromatic carbocycles. The van der Waals surface area contributed by atoms with Gasteiger partial charge in [-0.2, -0.15) is 13.2 Å². The Labute approximate surface area is 99.9 Å². The number of hydrogen-bond acceptors (Lipinski definition) is 3. The summed E-state index contributed by atoms with van der Waals surface area (Å²) in [4.78, 5) is 15.4. The molecule has 0 atom stereocenters. The fourth-order valence-electron chi connectivity index (χ4n) is 1.30. The fraction of sp³-hybridized carbons (Fsp3) is 0.400. The van der Waals surface area contributed by atoms with E-state index < -0.39 is 37.6 Å². The first-order valence-corrected chi connectivity index (χ1v) is 4.91. The van der Waals surface area contributed by atoms with Crippen molar-refractivity contribution in [2.24, 2.45) is 0 Å². The molecule has 1 rings (SSSR count). The Morgan fingerprint density at radius 3 is 2.56 bits per heavy atom. The third-order valence-corrected chi connectivity index (χ3v) is 1.98. The molecule has 0 saturated heterocycles. The molecule has 0 radical (unpaired) electrons. The van der Waals surface area contributed by atoms with Gasteiger partial charge in [-0.15, -0.1) is 0 Å². The van der Waals surface area contributed by atoms with Crippen molar-refractivity contribution in [3.63, 3.8) is 0 Å². The summed E-state index contributed by atoms with van der Waals surface area (Å²) in [6, 6.07) is 0.788. The van der Waals surface area contributed by atoms with E-state index in [-0.39, 0.29) is 5.56 Å². The van der Waals surface area contributed by atoms with Crippen LogP contribution in [0.2, 0.25) is 0 Å². The van der Waals surface area contributed by atoms with Crippen molar-refractivity contribution in [2.45, 2.75) is 6.18 Å². The lowest BCUT2D eigenvalue weighted by Gasteiger charge is -2.22. The van der Waals surface area contributed by atoms with Gasteiger partial charge in [0.05, 0.1) is 18.4 Å². The molecule has 0 aliphatic rings. The van der Waals surface area contributed by atoms with Crippen LogP contribution in [0.25, 0.3) is 0 Å². The third-order valence-electron chi connectivity index (χ3n) is 1.98. The van der Waals surface area contributed by atoms with E-state index in [1.165, 1.54) is 0 Å². The average Bonchev–Trinajstić information content (AvgIpc) is 2.26. The highest BCUT2D eigenvalue weighted by Gasteiger charge is 2.33. The predicted octanol–water partition coefficient (Wildman–Crippen LogP) is 1.22. The summed E-state index contributed by atoms with van der Waals surface area (Å²) in [7, 11) is 0. The molecular weight excluding hydrogens is 256 g/mol. The molecule has 100 valence electrons. The highest BCUT2D eigenvalue weighted by molar-refractivity contribution is 5.93. The van der Waals surface area contributed by atoms with Crippen LogP contribution in [0, 0.1) is 5.82 Å². The number of aliphatic hydroxyl groups is 1. The van der Waals surface area contributed by atoms with Crippen LogP contribution in [0.4, 0.5) is 17.6 Å². The number of carbonyl (C=O) groups is 1. The van der Waals surface area contributed by atoms with E-state index in [2.05, 4.69) is 4.98 Å². The zero-order valence-electron chi connectivity index (χ0n) is 9.12. The zero-order chi connectivity index (χ0) is 13.8. The first kappa shape index (κ1) is 14.4. The summed E-state index contributed by atoms with van der Waals surface area (Å²) in [5.74, 6) is -1.86. The summed E-state index contributed by atoms with van der Waals surface area (Å²) in [6.07, 6.45) is -2.80. The van der Waals surface area contributed by atoms with E-state index >= 15 is 0 Å². The molecule has 4 nitrogen and oxygen atoms in total. The molecule has 1 heterocycles. The maximum atomic E-state index is 12.8. The number of nitrogens with zero attached hydrogens (tertiary/aromatic N) is 2. The minimum absolute atomic E-state index is 0.298. The number of amides is 1. The van der Waals surface area contributed by atoms with Crippen LogP contribution < -0.4 is 0 Å². The van der Waals surface area contributed by atoms with Crippen LogP contribution in [0.5, 0.6) is 0 Å². The van der Waals surface area contributed by atoms with Crippen molar-refractivity contribution in [3.05, 3.63) is 29.8 Å². The first-order valence-electron chi connectivity index (χ1n) is 4.91. The molecule has 0 unspecified atom stereocenters. The van der Waals surface area contributed by atoms with Gasteiger partial charge < -0.3 is 10.0 Å². The van der Waals surface area contributed by atoms with E-state index in [4.69, 9.17) is 5.11 Å². The maximum Gasteiger partial charge on any atom is 0.406 e. The number of pyridine rings is 1. The number of alkyl halides is 3. The first-order chi connectivity index (χ1) is 8.33. The van der Waals surface area contributed by atoms with E-state index in [1.54, 1.807) is 0 Å². The van der Waals surface area contributed by atoms with E-state index in [0.29, 0.717) is 4.90 Å². The van der Waals surface area contributed by atoms with Gasteiger partial charge in [-0.3, -0.25) is 9.78 Å². The SMILES string of the molecule is O=C(c1cncc(F)c1)N(CCO)CC(F)(F)F. The van der Waals surface area contributed by atoms with Crippen molar-refractivity contribution in [3.8, 4) is 0 Å². The summed E-state index contributed by atoms with van der Waals surface area (Å²) in [5, 5.41) is 8.63. The zero-order valence-corrected chi connectivity index (χ0v) is 9.12. The van der Waals surface area contributed by atoms with Gasteiger partial charge in [0.15, 0.2) is 0 Å². The molecule has 1 aromatic heterocycles. The lowest BCUT2D eigenvalue weighted by molar-refractivity contribution is -0.141. The molecule has 0 spiro atoms. The van der Waals surface area contributed by atoms with Gasteiger partial charge in [-0.25, -0.2) is 4.39 Å². The smallest absolute Gasteiger partial charge is 0.395 e. The molecule has 18 heavy (non-hydrogen) atoms. The number of aliphatic hydroxyl groups excluding tert-OH is 1. The van der Waals surface area contributed by atoms with E-state index in [9.17, 15) is 22.4 Å². The molecule has 0 bridgehead atoms. The minimum atomic E-state index is -4.59. The third kappa shape index (κ3) is 4.28. The molecule has 1 aromatic rings. The lowest BCUT2D eigenvalue weighted by atomic mass is 10.2. The van der Waals surface area contributed by atoms with Gasteiger partial charge in [0.25, 0.3) is 5.91 Å². The van der Waals surface area contributed by atoms with Gasteiger partial charge in [0.2, 0.25) is 0 Å². The van der Waals surface area contributed by atoms with E-state index in [0.717, 1.165) is 18.5 Å².